The number of carbonyl (C=O) groups excluding carboxylic acids is 2. The summed E-state index contributed by atoms with van der Waals surface area (Å²) in [6.07, 6.45) is 3.38. The van der Waals surface area contributed by atoms with E-state index in [1.165, 1.54) is 4.90 Å². The maximum absolute atomic E-state index is 12.8. The van der Waals surface area contributed by atoms with Crippen LogP contribution >= 0.6 is 0 Å². The number of benzene rings is 1. The van der Waals surface area contributed by atoms with Gasteiger partial charge in [-0.25, -0.2) is 4.68 Å². The molecule has 1 aliphatic heterocycles. The average Bonchev–Trinajstić information content (AvgIpc) is 3.14. The maximum atomic E-state index is 12.8. The second-order valence-corrected chi connectivity index (χ2v) is 5.98. The molecular formula is C19H17N5O2. The van der Waals surface area contributed by atoms with Crippen LogP contribution in [0.15, 0.2) is 60.9 Å². The summed E-state index contributed by atoms with van der Waals surface area (Å²) >= 11 is 0. The summed E-state index contributed by atoms with van der Waals surface area (Å²) in [5, 5.41) is 7.23. The van der Waals surface area contributed by atoms with Gasteiger partial charge in [0, 0.05) is 24.8 Å². The highest BCUT2D eigenvalue weighted by Gasteiger charge is 2.25. The molecule has 0 atom stereocenters. The Hall–Kier alpha value is -3.48. The third-order valence-electron chi connectivity index (χ3n) is 4.21. The van der Waals surface area contributed by atoms with Gasteiger partial charge in [-0.05, 0) is 18.2 Å². The van der Waals surface area contributed by atoms with Crippen LogP contribution in [-0.4, -0.2) is 51.1 Å². The van der Waals surface area contributed by atoms with Crippen molar-refractivity contribution in [3.8, 4) is 16.9 Å². The summed E-state index contributed by atoms with van der Waals surface area (Å²) < 4.78 is 1.71. The van der Waals surface area contributed by atoms with Crippen LogP contribution in [0.2, 0.25) is 0 Å². The van der Waals surface area contributed by atoms with Crippen molar-refractivity contribution in [1.29, 1.82) is 0 Å². The van der Waals surface area contributed by atoms with Gasteiger partial charge >= 0.3 is 0 Å². The molecule has 1 saturated heterocycles. The van der Waals surface area contributed by atoms with Gasteiger partial charge in [0.2, 0.25) is 5.91 Å². The molecule has 1 aromatic carbocycles. The zero-order valence-electron chi connectivity index (χ0n) is 14.0. The molecule has 3 aromatic rings. The lowest BCUT2D eigenvalue weighted by atomic mass is 10.1. The number of nitrogens with zero attached hydrogens (tertiary/aromatic N) is 4. The Bertz CT molecular complexity index is 880. The zero-order chi connectivity index (χ0) is 17.9. The predicted octanol–water partition coefficient (Wildman–Crippen LogP) is 1.51. The van der Waals surface area contributed by atoms with E-state index in [4.69, 9.17) is 0 Å². The number of amides is 2. The Labute approximate surface area is 150 Å². The molecule has 3 heterocycles. The fourth-order valence-electron chi connectivity index (χ4n) is 2.95. The minimum Gasteiger partial charge on any atom is -0.353 e. The monoisotopic (exact) mass is 347 g/mol. The molecule has 0 unspecified atom stereocenters. The van der Waals surface area contributed by atoms with Crippen molar-refractivity contribution in [3.63, 3.8) is 0 Å². The van der Waals surface area contributed by atoms with E-state index in [0.717, 1.165) is 16.9 Å². The predicted molar refractivity (Wildman–Crippen MR) is 95.7 cm³/mol. The SMILES string of the molecule is O=C1CN(C(=O)c2cc(-c3ccccc3)n(-c3cccnc3)n2)CCN1. The Morgan fingerprint density at radius 2 is 1.96 bits per heavy atom. The van der Waals surface area contributed by atoms with E-state index in [9.17, 15) is 9.59 Å². The Kier molecular flexibility index (Phi) is 4.18. The van der Waals surface area contributed by atoms with Crippen LogP contribution in [0.25, 0.3) is 16.9 Å². The molecular weight excluding hydrogens is 330 g/mol. The molecule has 7 heteroatoms. The van der Waals surface area contributed by atoms with Crippen LogP contribution in [0, 0.1) is 0 Å². The number of nitrogens with one attached hydrogen (secondary N) is 1. The van der Waals surface area contributed by atoms with Gasteiger partial charge in [0.05, 0.1) is 24.1 Å². The van der Waals surface area contributed by atoms with Gasteiger partial charge in [0.15, 0.2) is 5.69 Å². The molecule has 26 heavy (non-hydrogen) atoms. The third-order valence-corrected chi connectivity index (χ3v) is 4.21. The number of hydrogen-bond donors (Lipinski definition) is 1. The molecule has 0 spiro atoms. The highest BCUT2D eigenvalue weighted by Crippen LogP contribution is 2.24. The lowest BCUT2D eigenvalue weighted by molar-refractivity contribution is -0.123. The fraction of sp³-hybridized carbons (Fsp3) is 0.158. The summed E-state index contributed by atoms with van der Waals surface area (Å²) in [6, 6.07) is 15.2. The van der Waals surface area contributed by atoms with Crippen molar-refractivity contribution in [2.75, 3.05) is 19.6 Å². The molecule has 130 valence electrons. The van der Waals surface area contributed by atoms with E-state index in [-0.39, 0.29) is 18.4 Å². The molecule has 1 aliphatic rings. The molecule has 4 rings (SSSR count). The molecule has 1 N–H and O–H groups in total. The average molecular weight is 347 g/mol. The largest absolute Gasteiger partial charge is 0.353 e. The molecule has 0 saturated carbocycles. The van der Waals surface area contributed by atoms with Crippen LogP contribution in [-0.2, 0) is 4.79 Å². The highest BCUT2D eigenvalue weighted by atomic mass is 16.2. The number of aromatic nitrogens is 3. The van der Waals surface area contributed by atoms with Gasteiger partial charge in [0.1, 0.15) is 0 Å². The third kappa shape index (κ3) is 3.06. The fourth-order valence-corrected chi connectivity index (χ4v) is 2.95. The van der Waals surface area contributed by atoms with Crippen LogP contribution < -0.4 is 5.32 Å². The van der Waals surface area contributed by atoms with Gasteiger partial charge in [-0.1, -0.05) is 30.3 Å². The molecule has 0 radical (unpaired) electrons. The molecule has 0 aliphatic carbocycles. The summed E-state index contributed by atoms with van der Waals surface area (Å²) in [6.45, 7) is 0.990. The Morgan fingerprint density at radius 3 is 2.69 bits per heavy atom. The van der Waals surface area contributed by atoms with Crippen molar-refractivity contribution >= 4 is 11.8 Å². The molecule has 0 bridgehead atoms. The number of pyridine rings is 1. The zero-order valence-corrected chi connectivity index (χ0v) is 14.0. The second kappa shape index (κ2) is 6.79. The molecule has 2 aromatic heterocycles. The second-order valence-electron chi connectivity index (χ2n) is 5.98. The topological polar surface area (TPSA) is 80.1 Å². The first-order valence-electron chi connectivity index (χ1n) is 8.34. The molecule has 7 nitrogen and oxygen atoms in total. The van der Waals surface area contributed by atoms with Gasteiger partial charge < -0.3 is 10.2 Å². The van der Waals surface area contributed by atoms with E-state index >= 15 is 0 Å². The summed E-state index contributed by atoms with van der Waals surface area (Å²) in [5.74, 6) is -0.403. The first kappa shape index (κ1) is 16.0. The van der Waals surface area contributed by atoms with Crippen molar-refractivity contribution < 1.29 is 9.59 Å². The van der Waals surface area contributed by atoms with Crippen molar-refractivity contribution in [2.45, 2.75) is 0 Å². The minimum absolute atomic E-state index is 0.0548. The summed E-state index contributed by atoms with van der Waals surface area (Å²) in [4.78, 5) is 30.1. The van der Waals surface area contributed by atoms with E-state index < -0.39 is 0 Å². The van der Waals surface area contributed by atoms with Gasteiger partial charge in [-0.2, -0.15) is 5.10 Å². The molecule has 1 fully saturated rings. The van der Waals surface area contributed by atoms with Gasteiger partial charge in [-0.3, -0.25) is 14.6 Å². The number of piperazine rings is 1. The van der Waals surface area contributed by atoms with Crippen molar-refractivity contribution in [1.82, 2.24) is 25.0 Å². The number of hydrogen-bond acceptors (Lipinski definition) is 4. The summed E-state index contributed by atoms with van der Waals surface area (Å²) in [7, 11) is 0. The maximum Gasteiger partial charge on any atom is 0.274 e. The van der Waals surface area contributed by atoms with E-state index in [1.54, 1.807) is 23.1 Å². The lowest BCUT2D eigenvalue weighted by Gasteiger charge is -2.25. The first-order valence-corrected chi connectivity index (χ1v) is 8.34. The van der Waals surface area contributed by atoms with E-state index in [1.807, 2.05) is 42.5 Å². The standard InChI is InChI=1S/C19H17N5O2/c25-18-13-23(10-9-21-18)19(26)16-11-17(14-5-2-1-3-6-14)24(22-16)15-7-4-8-20-12-15/h1-8,11-12H,9-10,13H2,(H,21,25). The minimum atomic E-state index is -0.250. The Morgan fingerprint density at radius 1 is 1.12 bits per heavy atom. The quantitative estimate of drug-likeness (QED) is 0.779. The van der Waals surface area contributed by atoms with Crippen LogP contribution in [0.5, 0.6) is 0 Å². The van der Waals surface area contributed by atoms with Crippen LogP contribution in [0.4, 0.5) is 0 Å². The first-order chi connectivity index (χ1) is 12.7. The lowest BCUT2D eigenvalue weighted by Crippen LogP contribution is -2.50. The van der Waals surface area contributed by atoms with Crippen LogP contribution in [0.1, 0.15) is 10.5 Å². The van der Waals surface area contributed by atoms with Gasteiger partial charge in [0.25, 0.3) is 5.91 Å². The number of carbonyl (C=O) groups is 2. The highest BCUT2D eigenvalue weighted by molar-refractivity contribution is 5.96. The molecule has 2 amide bonds. The van der Waals surface area contributed by atoms with Crippen molar-refractivity contribution in [3.05, 3.63) is 66.6 Å². The van der Waals surface area contributed by atoms with E-state index in [0.29, 0.717) is 18.8 Å². The summed E-state index contributed by atoms with van der Waals surface area (Å²) in [5.41, 5.74) is 2.81. The Balaban J connectivity index is 1.76. The smallest absolute Gasteiger partial charge is 0.274 e. The van der Waals surface area contributed by atoms with Crippen LogP contribution in [0.3, 0.4) is 0 Å². The van der Waals surface area contributed by atoms with Gasteiger partial charge in [-0.15, -0.1) is 0 Å². The number of rotatable bonds is 3. The normalized spacial score (nSPS) is 14.2. The van der Waals surface area contributed by atoms with E-state index in [2.05, 4.69) is 15.4 Å². The van der Waals surface area contributed by atoms with Crippen molar-refractivity contribution in [2.24, 2.45) is 0 Å².